The summed E-state index contributed by atoms with van der Waals surface area (Å²) in [6.07, 6.45) is 2.20. The number of anilines is 1. The van der Waals surface area contributed by atoms with Crippen molar-refractivity contribution in [3.63, 3.8) is 0 Å². The van der Waals surface area contributed by atoms with Crippen molar-refractivity contribution in [1.29, 1.82) is 0 Å². The van der Waals surface area contributed by atoms with Crippen LogP contribution < -0.4 is 9.46 Å². The molecule has 1 aromatic carbocycles. The van der Waals surface area contributed by atoms with Gasteiger partial charge in [0.2, 0.25) is 0 Å². The van der Waals surface area contributed by atoms with Crippen molar-refractivity contribution in [1.82, 2.24) is 10.2 Å². The smallest absolute Gasteiger partial charge is 0.263 e. The van der Waals surface area contributed by atoms with Crippen molar-refractivity contribution in [2.75, 3.05) is 11.3 Å². The second kappa shape index (κ2) is 4.51. The van der Waals surface area contributed by atoms with Crippen LogP contribution in [-0.4, -0.2) is 25.2 Å². The maximum absolute atomic E-state index is 12.2. The molecule has 1 aromatic heterocycles. The monoisotopic (exact) mass is 277 g/mol. The van der Waals surface area contributed by atoms with Gasteiger partial charge in [0.1, 0.15) is 5.75 Å². The van der Waals surface area contributed by atoms with Crippen molar-refractivity contribution in [2.24, 2.45) is 0 Å². The molecule has 0 saturated carbocycles. The molecule has 0 radical (unpaired) electrons. The molecule has 0 spiro atoms. The highest BCUT2D eigenvalue weighted by Gasteiger charge is 2.19. The Labute approximate surface area is 110 Å². The van der Waals surface area contributed by atoms with Crippen LogP contribution in [0.4, 0.5) is 5.82 Å². The molecule has 0 saturated heterocycles. The summed E-state index contributed by atoms with van der Waals surface area (Å²) in [6.45, 7) is 0.594. The zero-order valence-electron chi connectivity index (χ0n) is 9.91. The van der Waals surface area contributed by atoms with Gasteiger partial charge in [-0.2, -0.15) is 5.10 Å². The number of nitrogens with one attached hydrogen (secondary N) is 1. The number of benzene rings is 1. The first-order chi connectivity index (χ1) is 9.15. The van der Waals surface area contributed by atoms with Gasteiger partial charge in [0.15, 0.2) is 5.82 Å². The molecule has 2 aromatic rings. The van der Waals surface area contributed by atoms with E-state index < -0.39 is 10.0 Å². The summed E-state index contributed by atoms with van der Waals surface area (Å²) in [7, 11) is -3.64. The Morgan fingerprint density at radius 3 is 2.95 bits per heavy atom. The molecular formula is C12H11N3O3S. The maximum Gasteiger partial charge on any atom is 0.263 e. The number of hydrogen-bond acceptors (Lipinski definition) is 5. The van der Waals surface area contributed by atoms with Gasteiger partial charge in [0.25, 0.3) is 10.0 Å². The van der Waals surface area contributed by atoms with E-state index in [1.54, 1.807) is 24.3 Å². The molecule has 0 atom stereocenters. The second-order valence-electron chi connectivity index (χ2n) is 4.08. The number of sulfonamides is 1. The molecule has 2 heterocycles. The van der Waals surface area contributed by atoms with E-state index in [4.69, 9.17) is 4.74 Å². The normalized spacial score (nSPS) is 13.7. The van der Waals surface area contributed by atoms with E-state index in [0.29, 0.717) is 6.61 Å². The highest BCUT2D eigenvalue weighted by atomic mass is 32.2. The minimum absolute atomic E-state index is 0.194. The van der Waals surface area contributed by atoms with Gasteiger partial charge in [-0.1, -0.05) is 0 Å². The number of nitrogens with zero attached hydrogens (tertiary/aromatic N) is 2. The lowest BCUT2D eigenvalue weighted by atomic mass is 10.2. The third kappa shape index (κ3) is 2.37. The summed E-state index contributed by atoms with van der Waals surface area (Å²) in [6, 6.07) is 7.97. The molecule has 19 heavy (non-hydrogen) atoms. The number of aromatic nitrogens is 2. The highest BCUT2D eigenvalue weighted by molar-refractivity contribution is 7.92. The Kier molecular flexibility index (Phi) is 2.83. The van der Waals surface area contributed by atoms with Crippen molar-refractivity contribution in [3.05, 3.63) is 42.1 Å². The van der Waals surface area contributed by atoms with Crippen LogP contribution in [0.5, 0.6) is 5.75 Å². The van der Waals surface area contributed by atoms with Crippen molar-refractivity contribution in [2.45, 2.75) is 11.3 Å². The van der Waals surface area contributed by atoms with Crippen LogP contribution in [0.2, 0.25) is 0 Å². The lowest BCUT2D eigenvalue weighted by Gasteiger charge is -2.07. The fourth-order valence-corrected chi connectivity index (χ4v) is 2.93. The summed E-state index contributed by atoms with van der Waals surface area (Å²) in [5, 5.41) is 7.32. The molecule has 1 aliphatic heterocycles. The van der Waals surface area contributed by atoms with Gasteiger partial charge in [-0.3, -0.25) is 4.72 Å². The van der Waals surface area contributed by atoms with E-state index in [1.165, 1.54) is 12.3 Å². The molecule has 0 unspecified atom stereocenters. The predicted molar refractivity (Wildman–Crippen MR) is 68.5 cm³/mol. The average molecular weight is 277 g/mol. The van der Waals surface area contributed by atoms with Crippen LogP contribution in [0.15, 0.2) is 41.4 Å². The zero-order chi connectivity index (χ0) is 13.3. The Bertz CT molecular complexity index is 701. The van der Waals surface area contributed by atoms with Gasteiger partial charge in [-0.05, 0) is 35.9 Å². The fourth-order valence-electron chi connectivity index (χ4n) is 1.88. The molecule has 98 valence electrons. The quantitative estimate of drug-likeness (QED) is 0.912. The lowest BCUT2D eigenvalue weighted by molar-refractivity contribution is 0.356. The third-order valence-electron chi connectivity index (χ3n) is 2.78. The fraction of sp³-hybridized carbons (Fsp3) is 0.167. The first-order valence-electron chi connectivity index (χ1n) is 5.71. The standard InChI is InChI=1S/C12H11N3O3S/c16-19(17,15-12-2-1-6-13-14-12)10-3-4-11-9(8-10)5-7-18-11/h1-4,6,8H,5,7H2,(H,14,15). The van der Waals surface area contributed by atoms with Crippen LogP contribution in [0, 0.1) is 0 Å². The summed E-state index contributed by atoms with van der Waals surface area (Å²) >= 11 is 0. The molecule has 1 aliphatic rings. The largest absolute Gasteiger partial charge is 0.493 e. The van der Waals surface area contributed by atoms with E-state index in [9.17, 15) is 8.42 Å². The van der Waals surface area contributed by atoms with Gasteiger partial charge in [-0.15, -0.1) is 5.10 Å². The molecular weight excluding hydrogens is 266 g/mol. The van der Waals surface area contributed by atoms with Crippen molar-refractivity contribution >= 4 is 15.8 Å². The summed E-state index contributed by atoms with van der Waals surface area (Å²) < 4.78 is 32.1. The topological polar surface area (TPSA) is 81.2 Å². The number of fused-ring (bicyclic) bond motifs is 1. The third-order valence-corrected chi connectivity index (χ3v) is 4.13. The molecule has 6 nitrogen and oxygen atoms in total. The maximum atomic E-state index is 12.2. The summed E-state index contributed by atoms with van der Waals surface area (Å²) in [5.41, 5.74) is 0.905. The van der Waals surface area contributed by atoms with Crippen LogP contribution >= 0.6 is 0 Å². The molecule has 0 bridgehead atoms. The van der Waals surface area contributed by atoms with Crippen LogP contribution in [0.3, 0.4) is 0 Å². The Morgan fingerprint density at radius 2 is 2.16 bits per heavy atom. The minimum atomic E-state index is -3.64. The molecule has 0 amide bonds. The lowest BCUT2D eigenvalue weighted by Crippen LogP contribution is -2.14. The first-order valence-corrected chi connectivity index (χ1v) is 7.20. The SMILES string of the molecule is O=S(=O)(Nc1cccnn1)c1ccc2c(c1)CCO2. The van der Waals surface area contributed by atoms with Gasteiger partial charge < -0.3 is 4.74 Å². The first kappa shape index (κ1) is 11.9. The van der Waals surface area contributed by atoms with Gasteiger partial charge in [-0.25, -0.2) is 8.42 Å². The van der Waals surface area contributed by atoms with Crippen LogP contribution in [-0.2, 0) is 16.4 Å². The zero-order valence-corrected chi connectivity index (χ0v) is 10.7. The van der Waals surface area contributed by atoms with Gasteiger partial charge >= 0.3 is 0 Å². The number of ether oxygens (including phenoxy) is 1. The van der Waals surface area contributed by atoms with Crippen LogP contribution in [0.1, 0.15) is 5.56 Å². The Balaban J connectivity index is 1.92. The number of rotatable bonds is 3. The molecule has 1 N–H and O–H groups in total. The predicted octanol–water partition coefficient (Wildman–Crippen LogP) is 1.21. The molecule has 3 rings (SSSR count). The van der Waals surface area contributed by atoms with E-state index in [0.717, 1.165) is 17.7 Å². The molecule has 7 heteroatoms. The number of hydrogen-bond donors (Lipinski definition) is 1. The van der Waals surface area contributed by atoms with Gasteiger partial charge in [0, 0.05) is 12.6 Å². The van der Waals surface area contributed by atoms with E-state index >= 15 is 0 Å². The van der Waals surface area contributed by atoms with E-state index in [2.05, 4.69) is 14.9 Å². The Hall–Kier alpha value is -2.15. The van der Waals surface area contributed by atoms with Crippen molar-refractivity contribution in [3.8, 4) is 5.75 Å². The Morgan fingerprint density at radius 1 is 1.26 bits per heavy atom. The van der Waals surface area contributed by atoms with E-state index in [1.807, 2.05) is 0 Å². The van der Waals surface area contributed by atoms with Crippen LogP contribution in [0.25, 0.3) is 0 Å². The summed E-state index contributed by atoms with van der Waals surface area (Å²) in [5.74, 6) is 0.942. The van der Waals surface area contributed by atoms with E-state index in [-0.39, 0.29) is 10.7 Å². The molecule has 0 aliphatic carbocycles. The highest BCUT2D eigenvalue weighted by Crippen LogP contribution is 2.28. The summed E-state index contributed by atoms with van der Waals surface area (Å²) in [4.78, 5) is 0.197. The molecule has 0 fully saturated rings. The van der Waals surface area contributed by atoms with Crippen molar-refractivity contribution < 1.29 is 13.2 Å². The minimum Gasteiger partial charge on any atom is -0.493 e. The average Bonchev–Trinajstić information content (AvgIpc) is 2.86. The van der Waals surface area contributed by atoms with Gasteiger partial charge in [0.05, 0.1) is 11.5 Å². The second-order valence-corrected chi connectivity index (χ2v) is 5.76.